The molecule has 7 nitrogen and oxygen atoms in total. The van der Waals surface area contributed by atoms with Crippen molar-refractivity contribution >= 4 is 17.7 Å². The highest BCUT2D eigenvalue weighted by Crippen LogP contribution is 2.26. The molecule has 2 rings (SSSR count). The normalized spacial score (nSPS) is 19.2. The van der Waals surface area contributed by atoms with E-state index in [1.807, 2.05) is 50.8 Å². The Labute approximate surface area is 154 Å². The molecule has 1 aromatic carbocycles. The lowest BCUT2D eigenvalue weighted by Crippen LogP contribution is -2.55. The van der Waals surface area contributed by atoms with Crippen molar-refractivity contribution in [2.24, 2.45) is 0 Å². The summed E-state index contributed by atoms with van der Waals surface area (Å²) >= 11 is 0. The fourth-order valence-electron chi connectivity index (χ4n) is 3.09. The predicted octanol–water partition coefficient (Wildman–Crippen LogP) is 2.84. The number of anilines is 1. The number of nitrogens with zero attached hydrogens (tertiary/aromatic N) is 1. The molecule has 26 heavy (non-hydrogen) atoms. The number of rotatable bonds is 8. The van der Waals surface area contributed by atoms with Crippen molar-refractivity contribution in [1.82, 2.24) is 10.2 Å². The van der Waals surface area contributed by atoms with E-state index in [4.69, 9.17) is 9.84 Å². The molecule has 1 aromatic rings. The lowest BCUT2D eigenvalue weighted by Gasteiger charge is -2.42. The fourth-order valence-corrected chi connectivity index (χ4v) is 3.09. The summed E-state index contributed by atoms with van der Waals surface area (Å²) in [6.07, 6.45) is 1.60. The number of carboxylic acid groups (broad SMARTS) is 1. The van der Waals surface area contributed by atoms with E-state index < -0.39 is 5.97 Å². The van der Waals surface area contributed by atoms with Crippen LogP contribution < -0.4 is 15.4 Å². The van der Waals surface area contributed by atoms with Crippen molar-refractivity contribution in [1.29, 1.82) is 0 Å². The van der Waals surface area contributed by atoms with Crippen LogP contribution in [0.5, 0.6) is 5.75 Å². The first kappa shape index (κ1) is 20.0. The fraction of sp³-hybridized carbons (Fsp3) is 0.579. The van der Waals surface area contributed by atoms with Crippen molar-refractivity contribution in [2.45, 2.75) is 58.7 Å². The highest BCUT2D eigenvalue weighted by molar-refractivity contribution is 5.89. The molecule has 144 valence electrons. The Bertz CT molecular complexity index is 642. The van der Waals surface area contributed by atoms with Gasteiger partial charge in [0.15, 0.2) is 0 Å². The highest BCUT2D eigenvalue weighted by atomic mass is 16.5. The average molecular weight is 363 g/mol. The van der Waals surface area contributed by atoms with Crippen molar-refractivity contribution in [3.63, 3.8) is 0 Å². The van der Waals surface area contributed by atoms with Crippen LogP contribution >= 0.6 is 0 Å². The number of amides is 2. The number of urea groups is 1. The topological polar surface area (TPSA) is 90.9 Å². The zero-order chi connectivity index (χ0) is 19.3. The molecule has 0 spiro atoms. The van der Waals surface area contributed by atoms with Crippen LogP contribution in [0, 0.1) is 6.92 Å². The van der Waals surface area contributed by atoms with E-state index in [0.717, 1.165) is 24.2 Å². The van der Waals surface area contributed by atoms with Gasteiger partial charge in [0, 0.05) is 23.8 Å². The Morgan fingerprint density at radius 3 is 2.62 bits per heavy atom. The minimum absolute atomic E-state index is 0.0437. The van der Waals surface area contributed by atoms with Crippen LogP contribution in [0.2, 0.25) is 0 Å². The summed E-state index contributed by atoms with van der Waals surface area (Å²) in [7, 11) is 0. The molecule has 0 unspecified atom stereocenters. The highest BCUT2D eigenvalue weighted by Gasteiger charge is 2.34. The van der Waals surface area contributed by atoms with E-state index in [1.54, 1.807) is 0 Å². The van der Waals surface area contributed by atoms with Crippen LogP contribution in [-0.4, -0.2) is 53.3 Å². The number of aliphatic carboxylic acids is 1. The molecule has 1 aliphatic rings. The quantitative estimate of drug-likeness (QED) is 0.661. The molecular weight excluding hydrogens is 334 g/mol. The minimum atomic E-state index is -0.820. The number of carbonyl (C=O) groups excluding carboxylic acids is 1. The second kappa shape index (κ2) is 8.89. The van der Waals surface area contributed by atoms with Gasteiger partial charge in [-0.3, -0.25) is 9.69 Å². The summed E-state index contributed by atoms with van der Waals surface area (Å²) in [5.74, 6) is -0.0615. The van der Waals surface area contributed by atoms with Crippen LogP contribution in [0.25, 0.3) is 0 Å². The van der Waals surface area contributed by atoms with Gasteiger partial charge in [0.05, 0.1) is 12.6 Å². The van der Waals surface area contributed by atoms with Crippen molar-refractivity contribution in [3.8, 4) is 5.75 Å². The number of nitrogens with one attached hydrogen (secondary N) is 2. The van der Waals surface area contributed by atoms with Crippen LogP contribution in [0.3, 0.4) is 0 Å². The van der Waals surface area contributed by atoms with Crippen molar-refractivity contribution < 1.29 is 19.4 Å². The first-order valence-electron chi connectivity index (χ1n) is 9.09. The number of likely N-dealkylation sites (N-methyl/N-ethyl adjacent to an activating group) is 1. The van der Waals surface area contributed by atoms with Gasteiger partial charge in [-0.1, -0.05) is 13.0 Å². The second-order valence-electron chi connectivity index (χ2n) is 7.02. The molecule has 1 saturated carbocycles. The third kappa shape index (κ3) is 5.62. The summed E-state index contributed by atoms with van der Waals surface area (Å²) in [6.45, 7) is 8.57. The monoisotopic (exact) mass is 363 g/mol. The molecule has 0 heterocycles. The molecule has 1 aliphatic carbocycles. The van der Waals surface area contributed by atoms with Gasteiger partial charge >= 0.3 is 12.0 Å². The molecule has 0 aliphatic heterocycles. The summed E-state index contributed by atoms with van der Waals surface area (Å²) in [4.78, 5) is 25.0. The molecule has 0 aromatic heterocycles. The lowest BCUT2D eigenvalue weighted by molar-refractivity contribution is -0.139. The average Bonchev–Trinajstić information content (AvgIpc) is 2.51. The van der Waals surface area contributed by atoms with E-state index in [1.165, 1.54) is 0 Å². The number of carbonyl (C=O) groups is 2. The van der Waals surface area contributed by atoms with E-state index in [9.17, 15) is 9.59 Å². The zero-order valence-electron chi connectivity index (χ0n) is 15.9. The van der Waals surface area contributed by atoms with Gasteiger partial charge in [-0.25, -0.2) is 4.79 Å². The number of carboxylic acids is 1. The molecule has 0 saturated heterocycles. The summed E-state index contributed by atoms with van der Waals surface area (Å²) in [5, 5.41) is 14.7. The second-order valence-corrected chi connectivity index (χ2v) is 7.02. The molecule has 7 heteroatoms. The van der Waals surface area contributed by atoms with Crippen LogP contribution in [0.15, 0.2) is 18.2 Å². The van der Waals surface area contributed by atoms with Crippen molar-refractivity contribution in [3.05, 3.63) is 23.8 Å². The first-order chi connectivity index (χ1) is 12.3. The number of hydrogen-bond donors (Lipinski definition) is 3. The molecule has 2 amide bonds. The van der Waals surface area contributed by atoms with E-state index in [0.29, 0.717) is 12.2 Å². The predicted molar refractivity (Wildman–Crippen MR) is 101 cm³/mol. The van der Waals surface area contributed by atoms with Gasteiger partial charge in [-0.05, 0) is 51.8 Å². The molecule has 3 N–H and O–H groups in total. The summed E-state index contributed by atoms with van der Waals surface area (Å²) in [6, 6.07) is 5.61. The Morgan fingerprint density at radius 2 is 2.04 bits per heavy atom. The summed E-state index contributed by atoms with van der Waals surface area (Å²) in [5.41, 5.74) is 1.70. The smallest absolute Gasteiger partial charge is 0.319 e. The van der Waals surface area contributed by atoms with Crippen LogP contribution in [-0.2, 0) is 4.79 Å². The zero-order valence-corrected chi connectivity index (χ0v) is 15.9. The number of ether oxygens (including phenoxy) is 1. The Morgan fingerprint density at radius 1 is 1.35 bits per heavy atom. The van der Waals surface area contributed by atoms with Gasteiger partial charge in [-0.2, -0.15) is 0 Å². The van der Waals surface area contributed by atoms with Gasteiger partial charge in [0.25, 0.3) is 0 Å². The number of benzene rings is 1. The maximum Gasteiger partial charge on any atom is 0.319 e. The van der Waals surface area contributed by atoms with Crippen molar-refractivity contribution in [2.75, 3.05) is 18.4 Å². The van der Waals surface area contributed by atoms with E-state index in [-0.39, 0.29) is 30.8 Å². The summed E-state index contributed by atoms with van der Waals surface area (Å²) < 4.78 is 5.74. The number of hydrogen-bond acceptors (Lipinski definition) is 4. The SMILES string of the molecule is CCN(CC(=O)O)C1CC(NC(=O)Nc2ccc(C)c(OC(C)C)c2)C1. The first-order valence-corrected chi connectivity index (χ1v) is 9.09. The van der Waals surface area contributed by atoms with Gasteiger partial charge in [0.1, 0.15) is 5.75 Å². The third-order valence-corrected chi connectivity index (χ3v) is 4.52. The molecule has 0 atom stereocenters. The van der Waals surface area contributed by atoms with Gasteiger partial charge in [0.2, 0.25) is 0 Å². The number of aryl methyl sites for hydroxylation is 1. The van der Waals surface area contributed by atoms with Gasteiger partial charge < -0.3 is 20.5 Å². The Hall–Kier alpha value is -2.28. The maximum absolute atomic E-state index is 12.2. The Kier molecular flexibility index (Phi) is 6.85. The largest absolute Gasteiger partial charge is 0.491 e. The van der Waals surface area contributed by atoms with Crippen LogP contribution in [0.1, 0.15) is 39.2 Å². The van der Waals surface area contributed by atoms with E-state index in [2.05, 4.69) is 10.6 Å². The standard InChI is InChI=1S/C19H29N3O4/c1-5-22(11-18(23)24)16-8-15(9-16)21-19(25)20-14-7-6-13(4)17(10-14)26-12(2)3/h6-7,10,12,15-16H,5,8-9,11H2,1-4H3,(H,23,24)(H2,20,21,25). The third-order valence-electron chi connectivity index (χ3n) is 4.52. The van der Waals surface area contributed by atoms with Gasteiger partial charge in [-0.15, -0.1) is 0 Å². The molecule has 0 bridgehead atoms. The maximum atomic E-state index is 12.2. The minimum Gasteiger partial charge on any atom is -0.491 e. The lowest BCUT2D eigenvalue weighted by atomic mass is 9.85. The Balaban J connectivity index is 1.82. The van der Waals surface area contributed by atoms with Crippen LogP contribution in [0.4, 0.5) is 10.5 Å². The van der Waals surface area contributed by atoms with E-state index >= 15 is 0 Å². The molecular formula is C19H29N3O4. The molecule has 1 fully saturated rings. The molecule has 0 radical (unpaired) electrons.